The highest BCUT2D eigenvalue weighted by atomic mass is 19.1. The van der Waals surface area contributed by atoms with Gasteiger partial charge in [-0.3, -0.25) is 9.78 Å². The van der Waals surface area contributed by atoms with E-state index < -0.39 is 58.4 Å². The van der Waals surface area contributed by atoms with E-state index in [1.54, 1.807) is 12.3 Å². The molecule has 2 amide bonds. The lowest BCUT2D eigenvalue weighted by Crippen LogP contribution is -2.54. The van der Waals surface area contributed by atoms with E-state index in [1.807, 2.05) is 6.92 Å². The summed E-state index contributed by atoms with van der Waals surface area (Å²) in [5.74, 6) is -4.28. The second kappa shape index (κ2) is 12.3. The Morgan fingerprint density at radius 1 is 1.07 bits per heavy atom. The van der Waals surface area contributed by atoms with Gasteiger partial charge >= 0.3 is 6.09 Å². The van der Waals surface area contributed by atoms with Crippen LogP contribution in [0, 0.1) is 23.4 Å². The van der Waals surface area contributed by atoms with Gasteiger partial charge in [0.05, 0.1) is 23.0 Å². The van der Waals surface area contributed by atoms with Crippen molar-refractivity contribution in [2.75, 3.05) is 18.5 Å². The average molecular weight is 600 g/mol. The number of carbonyl (C=O) groups excluding carboxylic acids is 1. The van der Waals surface area contributed by atoms with Gasteiger partial charge in [0, 0.05) is 44.3 Å². The molecule has 0 unspecified atom stereocenters. The van der Waals surface area contributed by atoms with Crippen LogP contribution in [0.1, 0.15) is 60.1 Å². The number of pyridine rings is 2. The second-order valence-electron chi connectivity index (χ2n) is 11.2. The number of carbonyl (C=O) groups is 2. The molecule has 2 fully saturated rings. The SMILES string of the molecule is C[C@H]1C[C@@H](c2ccncc2NC(=O)c2ccc(F)c(-c3c(F)cc(C4(O)CCOCC4)cc3F)n2)C[C@@H](N)[C@H]1NC(=O)O. The van der Waals surface area contributed by atoms with E-state index in [9.17, 15) is 19.1 Å². The van der Waals surface area contributed by atoms with Gasteiger partial charge in [0.1, 0.15) is 28.8 Å². The van der Waals surface area contributed by atoms with Gasteiger partial charge < -0.3 is 31.3 Å². The number of amides is 2. The van der Waals surface area contributed by atoms with Crippen molar-refractivity contribution in [1.82, 2.24) is 15.3 Å². The Kier molecular flexibility index (Phi) is 8.67. The molecule has 4 atom stereocenters. The molecule has 0 bridgehead atoms. The molecule has 5 rings (SSSR count). The van der Waals surface area contributed by atoms with Crippen LogP contribution in [0.4, 0.5) is 23.7 Å². The molecule has 0 spiro atoms. The van der Waals surface area contributed by atoms with Crippen LogP contribution in [0.2, 0.25) is 0 Å². The number of nitrogens with zero attached hydrogens (tertiary/aromatic N) is 2. The van der Waals surface area contributed by atoms with Crippen LogP contribution in [-0.4, -0.2) is 57.5 Å². The Labute approximate surface area is 245 Å². The zero-order valence-electron chi connectivity index (χ0n) is 23.3. The Morgan fingerprint density at radius 3 is 2.42 bits per heavy atom. The lowest BCUT2D eigenvalue weighted by atomic mass is 9.73. The van der Waals surface area contributed by atoms with Crippen molar-refractivity contribution in [2.45, 2.75) is 56.2 Å². The number of carboxylic acid groups (broad SMARTS) is 1. The molecule has 0 radical (unpaired) electrons. The van der Waals surface area contributed by atoms with E-state index >= 15 is 8.78 Å². The maximum atomic E-state index is 15.3. The predicted molar refractivity (Wildman–Crippen MR) is 150 cm³/mol. The van der Waals surface area contributed by atoms with Crippen molar-refractivity contribution in [3.63, 3.8) is 0 Å². The van der Waals surface area contributed by atoms with Gasteiger partial charge in [-0.25, -0.2) is 22.9 Å². The fourth-order valence-corrected chi connectivity index (χ4v) is 6.10. The molecule has 2 aliphatic rings. The number of nitrogens with one attached hydrogen (secondary N) is 2. The van der Waals surface area contributed by atoms with Crippen LogP contribution in [0.3, 0.4) is 0 Å². The summed E-state index contributed by atoms with van der Waals surface area (Å²) in [5, 5.41) is 25.2. The highest BCUT2D eigenvalue weighted by molar-refractivity contribution is 6.03. The number of hydrogen-bond acceptors (Lipinski definition) is 7. The van der Waals surface area contributed by atoms with E-state index in [4.69, 9.17) is 15.6 Å². The molecule has 1 saturated carbocycles. The summed E-state index contributed by atoms with van der Waals surface area (Å²) in [6.45, 7) is 2.34. The number of halogens is 3. The zero-order valence-corrected chi connectivity index (χ0v) is 23.3. The molecule has 1 aromatic carbocycles. The van der Waals surface area contributed by atoms with Gasteiger partial charge in [-0.05, 0) is 66.1 Å². The molecule has 2 aromatic heterocycles. The van der Waals surface area contributed by atoms with Crippen molar-refractivity contribution in [2.24, 2.45) is 11.7 Å². The molecule has 13 heteroatoms. The smallest absolute Gasteiger partial charge is 0.404 e. The number of rotatable bonds is 6. The predicted octanol–water partition coefficient (Wildman–Crippen LogP) is 4.29. The third kappa shape index (κ3) is 6.33. The molecule has 1 aliphatic heterocycles. The summed E-state index contributed by atoms with van der Waals surface area (Å²) in [6, 6.07) is 4.73. The standard InChI is InChI=1S/C30H32F3N5O5/c1-15-10-16(11-22(34)26(15)38-29(40)41)18-4-7-35-14-24(18)37-28(39)23-3-2-19(31)27(36-23)25-20(32)12-17(13-21(25)33)30(42)5-8-43-9-6-30/h2-4,7,12-16,22,26,38,42H,5-6,8-11,34H2,1H3,(H,37,39)(H,40,41)/t15-,16+,22+,26-/m0/s1. The highest BCUT2D eigenvalue weighted by Gasteiger charge is 2.37. The molecule has 1 saturated heterocycles. The largest absolute Gasteiger partial charge is 0.465 e. The summed E-state index contributed by atoms with van der Waals surface area (Å²) in [4.78, 5) is 32.5. The van der Waals surface area contributed by atoms with Crippen LogP contribution in [0.5, 0.6) is 0 Å². The van der Waals surface area contributed by atoms with Crippen LogP contribution in [0.15, 0.2) is 42.7 Å². The van der Waals surface area contributed by atoms with Gasteiger partial charge in [0.2, 0.25) is 0 Å². The maximum Gasteiger partial charge on any atom is 0.404 e. The molecule has 10 nitrogen and oxygen atoms in total. The average Bonchev–Trinajstić information content (AvgIpc) is 2.96. The molecule has 43 heavy (non-hydrogen) atoms. The van der Waals surface area contributed by atoms with E-state index in [2.05, 4.69) is 20.6 Å². The third-order valence-electron chi connectivity index (χ3n) is 8.34. The van der Waals surface area contributed by atoms with Crippen LogP contribution in [-0.2, 0) is 10.3 Å². The van der Waals surface area contributed by atoms with Gasteiger partial charge in [-0.1, -0.05) is 6.92 Å². The molecule has 3 aromatic rings. The van der Waals surface area contributed by atoms with Gasteiger partial charge in [-0.2, -0.15) is 0 Å². The van der Waals surface area contributed by atoms with E-state index in [0.29, 0.717) is 18.5 Å². The minimum atomic E-state index is -1.48. The monoisotopic (exact) mass is 599 g/mol. The van der Waals surface area contributed by atoms with E-state index in [0.717, 1.165) is 29.8 Å². The first-order chi connectivity index (χ1) is 20.5. The van der Waals surface area contributed by atoms with E-state index in [-0.39, 0.29) is 49.1 Å². The summed E-state index contributed by atoms with van der Waals surface area (Å²) < 4.78 is 50.6. The van der Waals surface area contributed by atoms with Crippen LogP contribution in [0.25, 0.3) is 11.3 Å². The van der Waals surface area contributed by atoms with Crippen molar-refractivity contribution >= 4 is 17.7 Å². The normalized spacial score (nSPS) is 23.4. The fourth-order valence-electron chi connectivity index (χ4n) is 6.10. The zero-order chi connectivity index (χ0) is 30.9. The summed E-state index contributed by atoms with van der Waals surface area (Å²) in [7, 11) is 0. The number of ether oxygens (including phenoxy) is 1. The number of aromatic nitrogens is 2. The molecular formula is C30H32F3N5O5. The lowest BCUT2D eigenvalue weighted by Gasteiger charge is -2.39. The van der Waals surface area contributed by atoms with Gasteiger partial charge in [0.25, 0.3) is 5.91 Å². The third-order valence-corrected chi connectivity index (χ3v) is 8.34. The van der Waals surface area contributed by atoms with E-state index in [1.165, 1.54) is 6.20 Å². The highest BCUT2D eigenvalue weighted by Crippen LogP contribution is 2.39. The minimum absolute atomic E-state index is 0.00905. The van der Waals surface area contributed by atoms with Crippen LogP contribution < -0.4 is 16.4 Å². The van der Waals surface area contributed by atoms with Crippen molar-refractivity contribution in [3.8, 4) is 11.3 Å². The minimum Gasteiger partial charge on any atom is -0.465 e. The molecule has 1 aliphatic carbocycles. The first kappa shape index (κ1) is 30.4. The molecular weight excluding hydrogens is 567 g/mol. The Morgan fingerprint density at radius 2 is 1.77 bits per heavy atom. The number of hydrogen-bond donors (Lipinski definition) is 5. The Bertz CT molecular complexity index is 1500. The summed E-state index contributed by atoms with van der Waals surface area (Å²) in [6.07, 6.45) is 3.17. The number of aliphatic hydroxyl groups is 1. The van der Waals surface area contributed by atoms with Crippen molar-refractivity contribution in [3.05, 3.63) is 77.0 Å². The number of nitrogens with two attached hydrogens (primary N) is 1. The molecule has 228 valence electrons. The summed E-state index contributed by atoms with van der Waals surface area (Å²) in [5.41, 5.74) is 4.15. The summed E-state index contributed by atoms with van der Waals surface area (Å²) >= 11 is 0. The number of benzene rings is 1. The van der Waals surface area contributed by atoms with Crippen molar-refractivity contribution in [1.29, 1.82) is 0 Å². The van der Waals surface area contributed by atoms with Gasteiger partial charge in [-0.15, -0.1) is 0 Å². The lowest BCUT2D eigenvalue weighted by molar-refractivity contribution is -0.0682. The topological polar surface area (TPSA) is 160 Å². The molecule has 3 heterocycles. The van der Waals surface area contributed by atoms with Gasteiger partial charge in [0.15, 0.2) is 0 Å². The van der Waals surface area contributed by atoms with Crippen LogP contribution >= 0.6 is 0 Å². The Hall–Kier alpha value is -4.07. The van der Waals surface area contributed by atoms with Crippen molar-refractivity contribution < 1.29 is 37.7 Å². The Balaban J connectivity index is 1.39. The second-order valence-corrected chi connectivity index (χ2v) is 11.2. The number of anilines is 1. The molecule has 6 N–H and O–H groups in total. The first-order valence-corrected chi connectivity index (χ1v) is 13.9. The maximum absolute atomic E-state index is 15.3. The first-order valence-electron chi connectivity index (χ1n) is 13.9. The quantitative estimate of drug-likeness (QED) is 0.281. The fraction of sp³-hybridized carbons (Fsp3) is 0.400.